The van der Waals surface area contributed by atoms with Gasteiger partial charge in [-0.2, -0.15) is 17.5 Å². The van der Waals surface area contributed by atoms with Crippen molar-refractivity contribution in [1.29, 1.82) is 0 Å². The number of halogens is 5. The summed E-state index contributed by atoms with van der Waals surface area (Å²) in [6, 6.07) is 14.9. The second-order valence-corrected chi connectivity index (χ2v) is 10.2. The summed E-state index contributed by atoms with van der Waals surface area (Å²) in [6.45, 7) is 0.731. The minimum absolute atomic E-state index is 0.0772. The molecule has 3 aromatic rings. The first-order chi connectivity index (χ1) is 15.9. The lowest BCUT2D eigenvalue weighted by atomic mass is 10.1. The van der Waals surface area contributed by atoms with Crippen LogP contribution in [0.1, 0.15) is 16.7 Å². The molecule has 1 amide bonds. The van der Waals surface area contributed by atoms with Crippen molar-refractivity contribution < 1.29 is 26.4 Å². The van der Waals surface area contributed by atoms with Crippen LogP contribution in [-0.2, 0) is 27.5 Å². The Kier molecular flexibility index (Phi) is 7.92. The zero-order chi connectivity index (χ0) is 25.1. The highest BCUT2D eigenvalue weighted by Gasteiger charge is 2.34. The van der Waals surface area contributed by atoms with E-state index in [1.165, 1.54) is 42.5 Å². The fourth-order valence-corrected chi connectivity index (χ4v) is 4.96. The number of sulfonamides is 1. The fourth-order valence-electron chi connectivity index (χ4n) is 3.11. The van der Waals surface area contributed by atoms with Gasteiger partial charge in [0, 0.05) is 16.6 Å². The zero-order valence-electron chi connectivity index (χ0n) is 17.7. The third kappa shape index (κ3) is 6.29. The van der Waals surface area contributed by atoms with Gasteiger partial charge in [-0.25, -0.2) is 8.42 Å². The maximum atomic E-state index is 13.3. The topological polar surface area (TPSA) is 66.5 Å². The first-order valence-corrected chi connectivity index (χ1v) is 12.0. The molecule has 0 fully saturated rings. The van der Waals surface area contributed by atoms with E-state index in [4.69, 9.17) is 23.2 Å². The molecular weight excluding hydrogens is 512 g/mol. The molecular formula is C23H19Cl2F3N2O3S. The molecule has 1 N–H and O–H groups in total. The molecule has 0 aliphatic rings. The second kappa shape index (κ2) is 10.4. The molecule has 180 valence electrons. The Labute approximate surface area is 205 Å². The van der Waals surface area contributed by atoms with Gasteiger partial charge in [-0.1, -0.05) is 59.1 Å². The van der Waals surface area contributed by atoms with Gasteiger partial charge in [0.15, 0.2) is 0 Å². The summed E-state index contributed by atoms with van der Waals surface area (Å²) < 4.78 is 67.4. The number of hydrogen-bond acceptors (Lipinski definition) is 3. The highest BCUT2D eigenvalue weighted by Crippen LogP contribution is 2.34. The Bertz CT molecular complexity index is 1300. The lowest BCUT2D eigenvalue weighted by Crippen LogP contribution is -2.38. The first kappa shape index (κ1) is 26.0. The molecule has 34 heavy (non-hydrogen) atoms. The molecule has 0 bridgehead atoms. The minimum atomic E-state index is -4.70. The van der Waals surface area contributed by atoms with E-state index in [1.807, 2.05) is 0 Å². The highest BCUT2D eigenvalue weighted by molar-refractivity contribution is 7.89. The molecule has 0 atom stereocenters. The van der Waals surface area contributed by atoms with Crippen LogP contribution in [0, 0.1) is 6.92 Å². The third-order valence-electron chi connectivity index (χ3n) is 4.85. The van der Waals surface area contributed by atoms with Crippen LogP contribution in [0.2, 0.25) is 10.0 Å². The second-order valence-electron chi connectivity index (χ2n) is 7.41. The molecule has 0 unspecified atom stereocenters. The number of aryl methyl sites for hydroxylation is 1. The monoisotopic (exact) mass is 530 g/mol. The van der Waals surface area contributed by atoms with Gasteiger partial charge in [-0.15, -0.1) is 0 Å². The molecule has 0 heterocycles. The van der Waals surface area contributed by atoms with E-state index in [0.717, 1.165) is 22.0 Å². The molecule has 0 aliphatic carbocycles. The summed E-state index contributed by atoms with van der Waals surface area (Å²) in [7, 11) is -4.21. The molecule has 11 heteroatoms. The predicted molar refractivity (Wildman–Crippen MR) is 125 cm³/mol. The van der Waals surface area contributed by atoms with Crippen LogP contribution in [-0.4, -0.2) is 25.2 Å². The summed E-state index contributed by atoms with van der Waals surface area (Å²) in [6.07, 6.45) is -4.70. The highest BCUT2D eigenvalue weighted by atomic mass is 35.5. The van der Waals surface area contributed by atoms with Gasteiger partial charge in [-0.3, -0.25) is 4.79 Å². The molecule has 0 aromatic heterocycles. The lowest BCUT2D eigenvalue weighted by Gasteiger charge is -2.23. The van der Waals surface area contributed by atoms with Crippen LogP contribution in [0.3, 0.4) is 0 Å². The fraction of sp³-hybridized carbons (Fsp3) is 0.174. The Morgan fingerprint density at radius 2 is 1.65 bits per heavy atom. The van der Waals surface area contributed by atoms with Crippen molar-refractivity contribution in [3.8, 4) is 0 Å². The predicted octanol–water partition coefficient (Wildman–Crippen LogP) is 6.15. The maximum absolute atomic E-state index is 13.3. The van der Waals surface area contributed by atoms with Crippen LogP contribution >= 0.6 is 23.2 Å². The summed E-state index contributed by atoms with van der Waals surface area (Å²) in [5.74, 6) is -0.947. The summed E-state index contributed by atoms with van der Waals surface area (Å²) >= 11 is 12.1. The number of amides is 1. The van der Waals surface area contributed by atoms with E-state index in [-0.39, 0.29) is 16.5 Å². The van der Waals surface area contributed by atoms with Crippen LogP contribution in [0.25, 0.3) is 0 Å². The van der Waals surface area contributed by atoms with Crippen molar-refractivity contribution >= 4 is 44.8 Å². The molecule has 0 saturated heterocycles. The number of carbonyl (C=O) groups is 1. The summed E-state index contributed by atoms with van der Waals surface area (Å²) in [5.41, 5.74) is -0.327. The number of hydrogen-bond donors (Lipinski definition) is 1. The number of alkyl halides is 3. The van der Waals surface area contributed by atoms with Crippen molar-refractivity contribution in [2.45, 2.75) is 24.5 Å². The largest absolute Gasteiger partial charge is 0.418 e. The third-order valence-corrected chi connectivity index (χ3v) is 7.24. The van der Waals surface area contributed by atoms with Crippen molar-refractivity contribution in [1.82, 2.24) is 4.31 Å². The lowest BCUT2D eigenvalue weighted by molar-refractivity contribution is -0.137. The van der Waals surface area contributed by atoms with Crippen molar-refractivity contribution in [2.24, 2.45) is 0 Å². The van der Waals surface area contributed by atoms with Gasteiger partial charge < -0.3 is 5.32 Å². The molecule has 5 nitrogen and oxygen atoms in total. The Balaban J connectivity index is 1.94. The van der Waals surface area contributed by atoms with E-state index in [1.54, 1.807) is 19.1 Å². The van der Waals surface area contributed by atoms with Crippen molar-refractivity contribution in [3.05, 3.63) is 93.5 Å². The van der Waals surface area contributed by atoms with Crippen LogP contribution in [0.5, 0.6) is 0 Å². The van der Waals surface area contributed by atoms with Gasteiger partial charge >= 0.3 is 6.18 Å². The molecule has 3 aromatic carbocycles. The Morgan fingerprint density at radius 3 is 2.26 bits per heavy atom. The van der Waals surface area contributed by atoms with Crippen LogP contribution in [0.4, 0.5) is 18.9 Å². The number of benzene rings is 3. The number of nitrogens with zero attached hydrogens (tertiary/aromatic N) is 1. The quantitative estimate of drug-likeness (QED) is 0.398. The van der Waals surface area contributed by atoms with Gasteiger partial charge in [0.05, 0.1) is 22.7 Å². The first-order valence-electron chi connectivity index (χ1n) is 9.85. The molecule has 0 saturated carbocycles. The molecule has 0 aliphatic heterocycles. The number of nitrogens with one attached hydrogen (secondary N) is 1. The average molecular weight is 531 g/mol. The molecule has 0 radical (unpaired) electrons. The number of rotatable bonds is 7. The van der Waals surface area contributed by atoms with E-state index in [0.29, 0.717) is 10.6 Å². The average Bonchev–Trinajstić information content (AvgIpc) is 2.75. The Morgan fingerprint density at radius 1 is 1.00 bits per heavy atom. The number of para-hydroxylation sites is 1. The smallest absolute Gasteiger partial charge is 0.324 e. The summed E-state index contributed by atoms with van der Waals surface area (Å²) in [5, 5.41) is 2.69. The van der Waals surface area contributed by atoms with E-state index in [9.17, 15) is 26.4 Å². The number of carbonyl (C=O) groups excluding carboxylic acids is 1. The SMILES string of the molecule is Cc1ccc(S(=O)(=O)N(CC(=O)Nc2ccccc2C(F)(F)F)Cc2ccc(Cl)cc2Cl)cc1. The van der Waals surface area contributed by atoms with Gasteiger partial charge in [0.2, 0.25) is 15.9 Å². The summed E-state index contributed by atoms with van der Waals surface area (Å²) in [4.78, 5) is 12.6. The molecule has 3 rings (SSSR count). The van der Waals surface area contributed by atoms with Crippen LogP contribution < -0.4 is 5.32 Å². The maximum Gasteiger partial charge on any atom is 0.418 e. The van der Waals surface area contributed by atoms with Crippen molar-refractivity contribution in [2.75, 3.05) is 11.9 Å². The van der Waals surface area contributed by atoms with E-state index < -0.39 is 39.9 Å². The van der Waals surface area contributed by atoms with E-state index in [2.05, 4.69) is 5.32 Å². The standard InChI is InChI=1S/C23H19Cl2F3N2O3S/c1-15-6-10-18(11-7-15)34(32,33)30(13-16-8-9-17(24)12-20(16)25)14-22(31)29-21-5-3-2-4-19(21)23(26,27)28/h2-12H,13-14H2,1H3,(H,29,31). The van der Waals surface area contributed by atoms with Gasteiger partial charge in [0.25, 0.3) is 0 Å². The van der Waals surface area contributed by atoms with Crippen molar-refractivity contribution in [3.63, 3.8) is 0 Å². The Hall–Kier alpha value is -2.59. The van der Waals surface area contributed by atoms with Gasteiger partial charge in [0.1, 0.15) is 0 Å². The van der Waals surface area contributed by atoms with Gasteiger partial charge in [-0.05, 0) is 48.9 Å². The van der Waals surface area contributed by atoms with E-state index >= 15 is 0 Å². The molecule has 0 spiro atoms. The number of anilines is 1. The minimum Gasteiger partial charge on any atom is -0.324 e. The normalized spacial score (nSPS) is 12.1. The van der Waals surface area contributed by atoms with Crippen LogP contribution in [0.15, 0.2) is 71.6 Å². The zero-order valence-corrected chi connectivity index (χ0v) is 20.1.